The summed E-state index contributed by atoms with van der Waals surface area (Å²) in [5.74, 6) is 3.83. The second-order valence-corrected chi connectivity index (χ2v) is 10.9. The maximum absolute atomic E-state index is 6.26. The maximum Gasteiger partial charge on any atom is 0.0478 e. The van der Waals surface area contributed by atoms with Gasteiger partial charge in [0.25, 0.3) is 0 Å². The fourth-order valence-electron chi connectivity index (χ4n) is 6.15. The van der Waals surface area contributed by atoms with E-state index in [4.69, 9.17) is 11.6 Å². The van der Waals surface area contributed by atoms with Crippen molar-refractivity contribution in [3.8, 4) is 0 Å². The Kier molecular flexibility index (Phi) is 8.92. The van der Waals surface area contributed by atoms with E-state index in [1.165, 1.54) is 88.2 Å². The van der Waals surface area contributed by atoms with Crippen molar-refractivity contribution in [2.45, 2.75) is 89.9 Å². The summed E-state index contributed by atoms with van der Waals surface area (Å²) in [6, 6.07) is 17.2. The predicted molar refractivity (Wildman–Crippen MR) is 141 cm³/mol. The Labute approximate surface area is 201 Å². The van der Waals surface area contributed by atoms with Gasteiger partial charge in [-0.15, -0.1) is 0 Å². The smallest absolute Gasteiger partial charge is 0.0478 e. The van der Waals surface area contributed by atoms with E-state index in [9.17, 15) is 0 Å². The summed E-state index contributed by atoms with van der Waals surface area (Å²) in [6.07, 6.45) is 21.8. The predicted octanol–water partition coefficient (Wildman–Crippen LogP) is 10.2. The lowest BCUT2D eigenvalue weighted by Gasteiger charge is -2.32. The highest BCUT2D eigenvalue weighted by Crippen LogP contribution is 2.40. The van der Waals surface area contributed by atoms with Gasteiger partial charge in [-0.3, -0.25) is 0 Å². The van der Waals surface area contributed by atoms with Crippen molar-refractivity contribution in [2.75, 3.05) is 0 Å². The molecule has 0 aromatic heterocycles. The second-order valence-electron chi connectivity index (χ2n) is 10.5. The van der Waals surface area contributed by atoms with Gasteiger partial charge in [0, 0.05) is 5.02 Å². The first kappa shape index (κ1) is 23.6. The molecule has 2 aromatic carbocycles. The van der Waals surface area contributed by atoms with Gasteiger partial charge in [0.1, 0.15) is 0 Å². The van der Waals surface area contributed by atoms with Crippen molar-refractivity contribution in [1.29, 1.82) is 0 Å². The van der Waals surface area contributed by atoms with Gasteiger partial charge in [-0.05, 0) is 72.1 Å². The van der Waals surface area contributed by atoms with Crippen LogP contribution in [0.3, 0.4) is 0 Å². The van der Waals surface area contributed by atoms with Crippen molar-refractivity contribution in [1.82, 2.24) is 0 Å². The molecule has 0 amide bonds. The molecule has 2 saturated carbocycles. The zero-order valence-corrected chi connectivity index (χ0v) is 20.7. The number of benzene rings is 2. The van der Waals surface area contributed by atoms with Crippen LogP contribution in [0.1, 0.15) is 107 Å². The van der Waals surface area contributed by atoms with E-state index in [1.807, 2.05) is 18.2 Å². The third-order valence-corrected chi connectivity index (χ3v) is 8.61. The Morgan fingerprint density at radius 1 is 0.688 bits per heavy atom. The molecule has 4 rings (SSSR count). The normalized spacial score (nSPS) is 26.4. The van der Waals surface area contributed by atoms with E-state index < -0.39 is 0 Å². The Hall–Kier alpha value is -1.53. The van der Waals surface area contributed by atoms with Gasteiger partial charge in [-0.25, -0.2) is 0 Å². The highest BCUT2D eigenvalue weighted by atomic mass is 35.5. The summed E-state index contributed by atoms with van der Waals surface area (Å²) in [6.45, 7) is 2.34. The van der Waals surface area contributed by atoms with Gasteiger partial charge in [0.15, 0.2) is 0 Å². The topological polar surface area (TPSA) is 0 Å². The minimum Gasteiger partial charge on any atom is -0.0837 e. The lowest BCUT2D eigenvalue weighted by Crippen LogP contribution is -2.17. The molecule has 2 fully saturated rings. The zero-order valence-electron chi connectivity index (χ0n) is 19.9. The molecule has 0 N–H and O–H groups in total. The Balaban J connectivity index is 1.19. The van der Waals surface area contributed by atoms with E-state index in [0.717, 1.165) is 34.3 Å². The number of halogens is 1. The van der Waals surface area contributed by atoms with Crippen LogP contribution in [0.15, 0.2) is 48.5 Å². The highest BCUT2D eigenvalue weighted by Gasteiger charge is 2.25. The molecule has 0 saturated heterocycles. The first-order valence-electron chi connectivity index (χ1n) is 13.2. The number of rotatable bonds is 8. The molecule has 0 radical (unpaired) electrons. The molecule has 0 unspecified atom stereocenters. The zero-order chi connectivity index (χ0) is 22.2. The molecule has 2 aliphatic carbocycles. The average molecular weight is 449 g/mol. The summed E-state index contributed by atoms with van der Waals surface area (Å²) in [5.41, 5.74) is 3.86. The highest BCUT2D eigenvalue weighted by molar-refractivity contribution is 6.32. The molecule has 0 atom stereocenters. The van der Waals surface area contributed by atoms with Crippen molar-refractivity contribution < 1.29 is 0 Å². The third kappa shape index (κ3) is 6.74. The van der Waals surface area contributed by atoms with Gasteiger partial charge in [0.2, 0.25) is 0 Å². The Morgan fingerprint density at radius 2 is 1.25 bits per heavy atom. The van der Waals surface area contributed by atoms with Crippen LogP contribution in [0.5, 0.6) is 0 Å². The molecule has 0 aliphatic heterocycles. The minimum atomic E-state index is 0.761. The first-order valence-corrected chi connectivity index (χ1v) is 13.6. The van der Waals surface area contributed by atoms with Crippen LogP contribution in [-0.4, -0.2) is 0 Å². The van der Waals surface area contributed by atoms with Crippen LogP contribution in [0.4, 0.5) is 0 Å². The van der Waals surface area contributed by atoms with Crippen LogP contribution in [-0.2, 0) is 0 Å². The molecule has 172 valence electrons. The molecule has 0 bridgehead atoms. The Bertz CT molecular complexity index is 833. The summed E-state index contributed by atoms with van der Waals surface area (Å²) in [5, 5.41) is 0.807. The average Bonchev–Trinajstić information content (AvgIpc) is 2.84. The van der Waals surface area contributed by atoms with Crippen molar-refractivity contribution in [3.05, 3.63) is 70.2 Å². The minimum absolute atomic E-state index is 0.761. The second kappa shape index (κ2) is 12.1. The van der Waals surface area contributed by atoms with E-state index in [1.54, 1.807) is 0 Å². The molecule has 0 spiro atoms. The van der Waals surface area contributed by atoms with Gasteiger partial charge in [-0.2, -0.15) is 0 Å². The lowest BCUT2D eigenvalue weighted by molar-refractivity contribution is 0.224. The number of hydrogen-bond acceptors (Lipinski definition) is 0. The van der Waals surface area contributed by atoms with E-state index in [-0.39, 0.29) is 0 Å². The Morgan fingerprint density at radius 3 is 1.84 bits per heavy atom. The van der Waals surface area contributed by atoms with Gasteiger partial charge in [-0.1, -0.05) is 125 Å². The van der Waals surface area contributed by atoms with Crippen LogP contribution in [0.2, 0.25) is 5.02 Å². The third-order valence-electron chi connectivity index (χ3n) is 8.26. The van der Waals surface area contributed by atoms with Crippen LogP contribution in [0, 0.1) is 17.8 Å². The first-order chi connectivity index (χ1) is 15.7. The molecule has 2 aliphatic rings. The summed E-state index contributed by atoms with van der Waals surface area (Å²) < 4.78 is 0. The van der Waals surface area contributed by atoms with Gasteiger partial charge >= 0.3 is 0 Å². The standard InChI is InChI=1S/C31H41Cl/c1-2-5-24-8-10-25(11-9-24)12-13-26-14-19-28(20-15-26)29-21-16-27(17-22-29)18-23-30-6-3-4-7-31(30)32/h3-4,6-7,16-18,21-26,28H,2,5,8-15,19-20H2,1H3/t24-,25-,26-,28-. The SMILES string of the molecule is CCC[C@H]1CC[C@H](CC[C@H]2CC[C@H](c3ccc(C=Cc4ccccc4Cl)cc3)CC2)CC1. The largest absolute Gasteiger partial charge is 0.0837 e. The molecule has 32 heavy (non-hydrogen) atoms. The van der Waals surface area contributed by atoms with Crippen molar-refractivity contribution >= 4 is 23.8 Å². The van der Waals surface area contributed by atoms with Crippen molar-refractivity contribution in [3.63, 3.8) is 0 Å². The van der Waals surface area contributed by atoms with Crippen molar-refractivity contribution in [2.24, 2.45) is 17.8 Å². The van der Waals surface area contributed by atoms with E-state index in [2.05, 4.69) is 49.4 Å². The molecular formula is C31H41Cl. The van der Waals surface area contributed by atoms with Gasteiger partial charge in [0.05, 0.1) is 0 Å². The van der Waals surface area contributed by atoms with Crippen LogP contribution >= 0.6 is 11.6 Å². The van der Waals surface area contributed by atoms with Crippen LogP contribution < -0.4 is 0 Å². The van der Waals surface area contributed by atoms with Crippen LogP contribution in [0.25, 0.3) is 12.2 Å². The summed E-state index contributed by atoms with van der Waals surface area (Å²) in [4.78, 5) is 0. The molecule has 1 heteroatoms. The molecule has 0 nitrogen and oxygen atoms in total. The number of hydrogen-bond donors (Lipinski definition) is 0. The monoisotopic (exact) mass is 448 g/mol. The van der Waals surface area contributed by atoms with E-state index >= 15 is 0 Å². The summed E-state index contributed by atoms with van der Waals surface area (Å²) in [7, 11) is 0. The lowest BCUT2D eigenvalue weighted by atomic mass is 9.74. The maximum atomic E-state index is 6.26. The fraction of sp³-hybridized carbons (Fsp3) is 0.548. The molecular weight excluding hydrogens is 408 g/mol. The molecule has 0 heterocycles. The quantitative estimate of drug-likeness (QED) is 0.352. The summed E-state index contributed by atoms with van der Waals surface area (Å²) >= 11 is 6.26. The molecule has 2 aromatic rings. The van der Waals surface area contributed by atoms with E-state index in [0.29, 0.717) is 0 Å². The fourth-order valence-corrected chi connectivity index (χ4v) is 6.35. The van der Waals surface area contributed by atoms with Gasteiger partial charge < -0.3 is 0 Å².